The second-order valence-electron chi connectivity index (χ2n) is 5.19. The van der Waals surface area contributed by atoms with Gasteiger partial charge in [0.2, 0.25) is 0 Å². The van der Waals surface area contributed by atoms with Crippen molar-refractivity contribution in [2.24, 2.45) is 0 Å². The third kappa shape index (κ3) is 4.99. The van der Waals surface area contributed by atoms with Crippen molar-refractivity contribution in [3.63, 3.8) is 0 Å². The predicted molar refractivity (Wildman–Crippen MR) is 87.2 cm³/mol. The number of ether oxygens (including phenoxy) is 2. The Hall–Kier alpha value is -2.54. The summed E-state index contributed by atoms with van der Waals surface area (Å²) >= 11 is 5.93. The number of halogens is 1. The second-order valence-corrected chi connectivity index (χ2v) is 5.63. The van der Waals surface area contributed by atoms with Crippen molar-refractivity contribution < 1.29 is 23.6 Å². The van der Waals surface area contributed by atoms with Crippen LogP contribution in [0.1, 0.15) is 16.9 Å². The third-order valence-electron chi connectivity index (χ3n) is 3.02. The highest BCUT2D eigenvalue weighted by Gasteiger charge is 2.12. The van der Waals surface area contributed by atoms with Crippen LogP contribution in [0, 0.1) is 20.8 Å². The molecule has 2 rings (SSSR count). The van der Waals surface area contributed by atoms with Gasteiger partial charge in [0, 0.05) is 11.1 Å². The molecule has 0 radical (unpaired) electrons. The summed E-state index contributed by atoms with van der Waals surface area (Å²) in [6, 6.07) is 5.03. The van der Waals surface area contributed by atoms with Crippen molar-refractivity contribution in [1.29, 1.82) is 0 Å². The van der Waals surface area contributed by atoms with E-state index in [2.05, 4.69) is 10.5 Å². The van der Waals surface area contributed by atoms with Crippen molar-refractivity contribution >= 4 is 29.3 Å². The number of nitrogens with zero attached hydrogens (tertiary/aromatic N) is 1. The molecule has 0 aliphatic carbocycles. The van der Waals surface area contributed by atoms with Gasteiger partial charge in [-0.2, -0.15) is 0 Å². The van der Waals surface area contributed by atoms with Gasteiger partial charge in [-0.25, -0.2) is 4.79 Å². The number of anilines is 1. The molecule has 24 heavy (non-hydrogen) atoms. The molecule has 0 saturated heterocycles. The van der Waals surface area contributed by atoms with Crippen LogP contribution in [0.15, 0.2) is 22.7 Å². The Labute approximate surface area is 143 Å². The number of aromatic nitrogens is 1. The molecule has 1 N–H and O–H groups in total. The molecule has 2 aromatic rings. The Bertz CT molecular complexity index is 734. The van der Waals surface area contributed by atoms with Crippen LogP contribution in [0.25, 0.3) is 0 Å². The van der Waals surface area contributed by atoms with E-state index in [1.807, 2.05) is 13.8 Å². The first kappa shape index (κ1) is 17.8. The fourth-order valence-corrected chi connectivity index (χ4v) is 2.38. The van der Waals surface area contributed by atoms with E-state index in [0.29, 0.717) is 16.5 Å². The number of esters is 1. The maximum Gasteiger partial charge on any atom is 0.344 e. The number of hydrogen-bond acceptors (Lipinski definition) is 6. The van der Waals surface area contributed by atoms with Crippen molar-refractivity contribution in [1.82, 2.24) is 5.16 Å². The molecule has 1 aromatic heterocycles. The molecule has 0 fully saturated rings. The topological polar surface area (TPSA) is 90.7 Å². The van der Waals surface area contributed by atoms with Crippen molar-refractivity contribution in [3.8, 4) is 5.75 Å². The third-order valence-corrected chi connectivity index (χ3v) is 3.24. The summed E-state index contributed by atoms with van der Waals surface area (Å²) in [6.45, 7) is 4.60. The van der Waals surface area contributed by atoms with Gasteiger partial charge in [0.15, 0.2) is 19.0 Å². The first-order valence-electron chi connectivity index (χ1n) is 7.13. The highest BCUT2D eigenvalue weighted by atomic mass is 35.5. The van der Waals surface area contributed by atoms with Crippen LogP contribution in [-0.2, 0) is 14.3 Å². The Morgan fingerprint density at radius 3 is 2.42 bits per heavy atom. The molecule has 0 aliphatic heterocycles. The van der Waals surface area contributed by atoms with E-state index in [9.17, 15) is 9.59 Å². The molecule has 0 spiro atoms. The quantitative estimate of drug-likeness (QED) is 0.804. The van der Waals surface area contributed by atoms with Crippen molar-refractivity contribution in [2.75, 3.05) is 18.5 Å². The first-order valence-corrected chi connectivity index (χ1v) is 7.51. The average molecular weight is 353 g/mol. The number of hydrogen-bond donors (Lipinski definition) is 1. The Morgan fingerprint density at radius 2 is 1.83 bits per heavy atom. The molecule has 8 heteroatoms. The summed E-state index contributed by atoms with van der Waals surface area (Å²) in [7, 11) is 0. The minimum atomic E-state index is -0.657. The fraction of sp³-hybridized carbons (Fsp3) is 0.312. The van der Waals surface area contributed by atoms with Gasteiger partial charge in [-0.3, -0.25) is 4.79 Å². The Kier molecular flexibility index (Phi) is 5.81. The zero-order chi connectivity index (χ0) is 17.7. The number of rotatable bonds is 6. The van der Waals surface area contributed by atoms with Gasteiger partial charge in [-0.1, -0.05) is 16.8 Å². The van der Waals surface area contributed by atoms with Crippen molar-refractivity contribution in [3.05, 3.63) is 40.1 Å². The van der Waals surface area contributed by atoms with E-state index in [4.69, 9.17) is 25.6 Å². The highest BCUT2D eigenvalue weighted by Crippen LogP contribution is 2.26. The summed E-state index contributed by atoms with van der Waals surface area (Å²) in [5, 5.41) is 6.64. The van der Waals surface area contributed by atoms with E-state index in [-0.39, 0.29) is 12.4 Å². The average Bonchev–Trinajstić information content (AvgIpc) is 2.89. The van der Waals surface area contributed by atoms with Crippen LogP contribution in [0.2, 0.25) is 5.02 Å². The number of carbonyl (C=O) groups is 2. The lowest BCUT2D eigenvalue weighted by atomic mass is 10.1. The number of carbonyl (C=O) groups excluding carboxylic acids is 2. The van der Waals surface area contributed by atoms with Crippen LogP contribution < -0.4 is 10.1 Å². The van der Waals surface area contributed by atoms with E-state index in [1.54, 1.807) is 25.1 Å². The molecule has 7 nitrogen and oxygen atoms in total. The zero-order valence-electron chi connectivity index (χ0n) is 13.5. The normalized spacial score (nSPS) is 10.3. The largest absolute Gasteiger partial charge is 0.481 e. The zero-order valence-corrected chi connectivity index (χ0v) is 14.3. The standard InChI is InChI=1S/C16H17ClN2O5/c1-9-4-12(17)5-10(2)16(9)23-8-15(21)22-7-14(20)18-13-6-11(3)24-19-13/h4-6H,7-8H2,1-3H3,(H,18,19,20). The maximum absolute atomic E-state index is 11.7. The van der Waals surface area contributed by atoms with E-state index < -0.39 is 18.5 Å². The summed E-state index contributed by atoms with van der Waals surface area (Å²) in [5.41, 5.74) is 1.62. The monoisotopic (exact) mass is 352 g/mol. The van der Waals surface area contributed by atoms with Gasteiger partial charge >= 0.3 is 5.97 Å². The highest BCUT2D eigenvalue weighted by molar-refractivity contribution is 6.30. The first-order chi connectivity index (χ1) is 11.3. The fourth-order valence-electron chi connectivity index (χ4n) is 2.05. The molecule has 0 unspecified atom stereocenters. The van der Waals surface area contributed by atoms with E-state index >= 15 is 0 Å². The maximum atomic E-state index is 11.7. The number of benzene rings is 1. The van der Waals surface area contributed by atoms with Gasteiger partial charge in [-0.05, 0) is 44.0 Å². The second kappa shape index (κ2) is 7.83. The molecular weight excluding hydrogens is 336 g/mol. The molecule has 0 aliphatic rings. The van der Waals surface area contributed by atoms with Crippen LogP contribution in [-0.4, -0.2) is 30.2 Å². The van der Waals surface area contributed by atoms with Crippen LogP contribution in [0.4, 0.5) is 5.82 Å². The summed E-state index contributed by atoms with van der Waals surface area (Å²) < 4.78 is 15.1. The van der Waals surface area contributed by atoms with Gasteiger partial charge in [-0.15, -0.1) is 0 Å². The summed E-state index contributed by atoms with van der Waals surface area (Å²) in [6.07, 6.45) is 0. The number of nitrogens with one attached hydrogen (secondary N) is 1. The molecule has 0 bridgehead atoms. The lowest BCUT2D eigenvalue weighted by Crippen LogP contribution is -2.24. The number of amides is 1. The van der Waals surface area contributed by atoms with Crippen LogP contribution >= 0.6 is 11.6 Å². The predicted octanol–water partition coefficient (Wildman–Crippen LogP) is 2.81. The molecular formula is C16H17ClN2O5. The minimum absolute atomic E-state index is 0.261. The van der Waals surface area contributed by atoms with Gasteiger partial charge < -0.3 is 19.3 Å². The molecule has 0 saturated carbocycles. The summed E-state index contributed by atoms with van der Waals surface area (Å²) in [4.78, 5) is 23.3. The van der Waals surface area contributed by atoms with E-state index in [0.717, 1.165) is 11.1 Å². The lowest BCUT2D eigenvalue weighted by molar-refractivity contribution is -0.149. The van der Waals surface area contributed by atoms with E-state index in [1.165, 1.54) is 0 Å². The van der Waals surface area contributed by atoms with Crippen LogP contribution in [0.5, 0.6) is 5.75 Å². The SMILES string of the molecule is Cc1cc(NC(=O)COC(=O)COc2c(C)cc(Cl)cc2C)no1. The Balaban J connectivity index is 1.78. The molecule has 1 heterocycles. The molecule has 1 amide bonds. The molecule has 1 aromatic carbocycles. The van der Waals surface area contributed by atoms with Gasteiger partial charge in [0.1, 0.15) is 11.5 Å². The lowest BCUT2D eigenvalue weighted by Gasteiger charge is -2.12. The molecule has 0 atom stereocenters. The van der Waals surface area contributed by atoms with Gasteiger partial charge in [0.05, 0.1) is 0 Å². The smallest absolute Gasteiger partial charge is 0.344 e. The molecule has 128 valence electrons. The summed E-state index contributed by atoms with van der Waals surface area (Å²) in [5.74, 6) is 0.214. The number of aryl methyl sites for hydroxylation is 3. The van der Waals surface area contributed by atoms with Crippen molar-refractivity contribution in [2.45, 2.75) is 20.8 Å². The van der Waals surface area contributed by atoms with Gasteiger partial charge in [0.25, 0.3) is 5.91 Å². The minimum Gasteiger partial charge on any atom is -0.481 e. The Morgan fingerprint density at radius 1 is 1.17 bits per heavy atom. The van der Waals surface area contributed by atoms with Crippen LogP contribution in [0.3, 0.4) is 0 Å².